The zero-order valence-electron chi connectivity index (χ0n) is 11.9. The first-order valence-electron chi connectivity index (χ1n) is 6.12. The minimum atomic E-state index is -0.649. The van der Waals surface area contributed by atoms with Crippen LogP contribution in [-0.4, -0.2) is 37.1 Å². The Hall–Kier alpha value is -2.15. The van der Waals surface area contributed by atoms with Gasteiger partial charge in [0, 0.05) is 18.6 Å². The van der Waals surface area contributed by atoms with Gasteiger partial charge in [0.05, 0.1) is 20.8 Å². The van der Waals surface area contributed by atoms with Gasteiger partial charge in [-0.15, -0.1) is 11.3 Å². The first-order chi connectivity index (χ1) is 10.1. The maximum atomic E-state index is 14.0. The van der Waals surface area contributed by atoms with Gasteiger partial charge in [0.15, 0.2) is 11.5 Å². The molecule has 1 amide bonds. The fraction of sp³-hybridized carbons (Fsp3) is 0.286. The van der Waals surface area contributed by atoms with Crippen molar-refractivity contribution in [2.45, 2.75) is 6.54 Å². The second kappa shape index (κ2) is 6.53. The van der Waals surface area contributed by atoms with E-state index in [0.29, 0.717) is 12.3 Å². The zero-order valence-corrected chi connectivity index (χ0v) is 12.7. The van der Waals surface area contributed by atoms with Gasteiger partial charge in [-0.05, 0) is 12.1 Å². The minimum absolute atomic E-state index is 0.0912. The Kier molecular flexibility index (Phi) is 4.74. The fourth-order valence-corrected chi connectivity index (χ4v) is 2.57. The molecule has 0 bridgehead atoms. The van der Waals surface area contributed by atoms with Gasteiger partial charge >= 0.3 is 0 Å². The Morgan fingerprint density at radius 1 is 1.38 bits per heavy atom. The number of ether oxygens (including phenoxy) is 2. The molecular weight excluding hydrogens is 295 g/mol. The molecule has 1 aromatic heterocycles. The quantitative estimate of drug-likeness (QED) is 0.852. The molecule has 0 aliphatic carbocycles. The Labute approximate surface area is 125 Å². The topological polar surface area (TPSA) is 51.7 Å². The van der Waals surface area contributed by atoms with Crippen LogP contribution in [0.15, 0.2) is 23.7 Å². The second-order valence-corrected chi connectivity index (χ2v) is 5.22. The number of halogens is 1. The Balaban J connectivity index is 2.33. The van der Waals surface area contributed by atoms with Crippen LogP contribution in [0.2, 0.25) is 0 Å². The van der Waals surface area contributed by atoms with Crippen LogP contribution in [0.5, 0.6) is 11.5 Å². The highest BCUT2D eigenvalue weighted by atomic mass is 32.1. The fourth-order valence-electron chi connectivity index (χ4n) is 1.90. The van der Waals surface area contributed by atoms with Crippen molar-refractivity contribution >= 4 is 17.2 Å². The number of carbonyl (C=O) groups is 1. The van der Waals surface area contributed by atoms with E-state index in [4.69, 9.17) is 9.47 Å². The first-order valence-corrected chi connectivity index (χ1v) is 7.00. The highest BCUT2D eigenvalue weighted by molar-refractivity contribution is 7.09. The molecule has 0 N–H and O–H groups in total. The smallest absolute Gasteiger partial charge is 0.260 e. The normalized spacial score (nSPS) is 10.3. The van der Waals surface area contributed by atoms with Crippen LogP contribution in [0.3, 0.4) is 0 Å². The van der Waals surface area contributed by atoms with Crippen molar-refractivity contribution in [1.29, 1.82) is 0 Å². The van der Waals surface area contributed by atoms with Crippen LogP contribution in [0.4, 0.5) is 4.39 Å². The van der Waals surface area contributed by atoms with Crippen LogP contribution >= 0.6 is 11.3 Å². The van der Waals surface area contributed by atoms with E-state index >= 15 is 0 Å². The van der Waals surface area contributed by atoms with Gasteiger partial charge in [-0.3, -0.25) is 4.79 Å². The molecule has 0 saturated heterocycles. The predicted molar refractivity (Wildman–Crippen MR) is 77.4 cm³/mol. The zero-order chi connectivity index (χ0) is 15.4. The number of rotatable bonds is 5. The third kappa shape index (κ3) is 3.13. The predicted octanol–water partition coefficient (Wildman–Crippen LogP) is 2.57. The number of benzene rings is 1. The van der Waals surface area contributed by atoms with Gasteiger partial charge in [0.2, 0.25) is 0 Å². The van der Waals surface area contributed by atoms with Gasteiger partial charge in [-0.2, -0.15) is 0 Å². The van der Waals surface area contributed by atoms with E-state index in [1.807, 2.05) is 5.38 Å². The first kappa shape index (κ1) is 15.2. The van der Waals surface area contributed by atoms with E-state index in [2.05, 4.69) is 4.98 Å². The highest BCUT2D eigenvalue weighted by Gasteiger charge is 2.24. The summed E-state index contributed by atoms with van der Waals surface area (Å²) in [5.41, 5.74) is -0.143. The lowest BCUT2D eigenvalue weighted by molar-refractivity contribution is 0.0776. The Morgan fingerprint density at radius 3 is 2.71 bits per heavy atom. The molecule has 2 rings (SSSR count). The summed E-state index contributed by atoms with van der Waals surface area (Å²) in [5.74, 6) is -0.736. The molecular formula is C14H15FN2O3S. The molecule has 2 aromatic rings. The monoisotopic (exact) mass is 310 g/mol. The lowest BCUT2D eigenvalue weighted by atomic mass is 10.1. The molecule has 7 heteroatoms. The number of methoxy groups -OCH3 is 2. The molecule has 0 unspecified atom stereocenters. The number of thiazole rings is 1. The standard InChI is InChI=1S/C14H15FN2O3S/c1-17(8-11-16-6-7-21-11)14(18)12-9(15)4-5-10(19-2)13(12)20-3/h4-7H,8H2,1-3H3. The molecule has 0 aliphatic heterocycles. The maximum absolute atomic E-state index is 14.0. The summed E-state index contributed by atoms with van der Waals surface area (Å²) < 4.78 is 24.3. The van der Waals surface area contributed by atoms with E-state index in [9.17, 15) is 9.18 Å². The van der Waals surface area contributed by atoms with Gasteiger partial charge in [-0.25, -0.2) is 9.37 Å². The molecule has 21 heavy (non-hydrogen) atoms. The average Bonchev–Trinajstić information content (AvgIpc) is 2.98. The van der Waals surface area contributed by atoms with E-state index in [0.717, 1.165) is 5.01 Å². The van der Waals surface area contributed by atoms with Crippen molar-refractivity contribution in [3.8, 4) is 11.5 Å². The molecule has 0 spiro atoms. The van der Waals surface area contributed by atoms with Gasteiger partial charge in [0.1, 0.15) is 16.4 Å². The largest absolute Gasteiger partial charge is 0.493 e. The summed E-state index contributed by atoms with van der Waals surface area (Å²) in [5, 5.41) is 2.59. The van der Waals surface area contributed by atoms with Crippen molar-refractivity contribution in [3.05, 3.63) is 40.1 Å². The molecule has 1 heterocycles. The summed E-state index contributed by atoms with van der Waals surface area (Å²) in [6.07, 6.45) is 1.66. The lowest BCUT2D eigenvalue weighted by Crippen LogP contribution is -2.27. The molecule has 5 nitrogen and oxygen atoms in total. The van der Waals surface area contributed by atoms with Gasteiger partial charge < -0.3 is 14.4 Å². The molecule has 0 atom stereocenters. The van der Waals surface area contributed by atoms with Crippen molar-refractivity contribution in [2.24, 2.45) is 0 Å². The third-order valence-corrected chi connectivity index (χ3v) is 3.68. The second-order valence-electron chi connectivity index (χ2n) is 4.24. The lowest BCUT2D eigenvalue weighted by Gasteiger charge is -2.19. The molecule has 0 saturated carbocycles. The SMILES string of the molecule is COc1ccc(F)c(C(=O)N(C)Cc2nccs2)c1OC. The van der Waals surface area contributed by atoms with Crippen molar-refractivity contribution in [1.82, 2.24) is 9.88 Å². The van der Waals surface area contributed by atoms with E-state index in [-0.39, 0.29) is 11.3 Å². The highest BCUT2D eigenvalue weighted by Crippen LogP contribution is 2.33. The summed E-state index contributed by atoms with van der Waals surface area (Å²) >= 11 is 1.43. The number of carbonyl (C=O) groups excluding carboxylic acids is 1. The molecule has 0 aliphatic rings. The Bertz CT molecular complexity index is 631. The molecule has 0 radical (unpaired) electrons. The molecule has 112 valence electrons. The summed E-state index contributed by atoms with van der Waals surface area (Å²) in [7, 11) is 4.39. The number of aromatic nitrogens is 1. The van der Waals surface area contributed by atoms with Crippen LogP contribution in [-0.2, 0) is 6.54 Å². The van der Waals surface area contributed by atoms with E-state index < -0.39 is 11.7 Å². The Morgan fingerprint density at radius 2 is 2.14 bits per heavy atom. The van der Waals surface area contributed by atoms with Crippen LogP contribution < -0.4 is 9.47 Å². The van der Waals surface area contributed by atoms with Gasteiger partial charge in [0.25, 0.3) is 5.91 Å². The third-order valence-electron chi connectivity index (χ3n) is 2.91. The number of hydrogen-bond acceptors (Lipinski definition) is 5. The van der Waals surface area contributed by atoms with Crippen molar-refractivity contribution in [2.75, 3.05) is 21.3 Å². The number of nitrogens with zero attached hydrogens (tertiary/aromatic N) is 2. The summed E-state index contributed by atoms with van der Waals surface area (Å²) in [6, 6.07) is 2.61. The average molecular weight is 310 g/mol. The molecule has 0 fully saturated rings. The van der Waals surface area contributed by atoms with Crippen molar-refractivity contribution < 1.29 is 18.7 Å². The summed E-state index contributed by atoms with van der Waals surface area (Å²) in [6.45, 7) is 0.302. The van der Waals surface area contributed by atoms with E-state index in [1.165, 1.54) is 42.6 Å². The van der Waals surface area contributed by atoms with Gasteiger partial charge in [-0.1, -0.05) is 0 Å². The number of amides is 1. The van der Waals surface area contributed by atoms with Crippen molar-refractivity contribution in [3.63, 3.8) is 0 Å². The maximum Gasteiger partial charge on any atom is 0.260 e. The van der Waals surface area contributed by atoms with Crippen LogP contribution in [0.25, 0.3) is 0 Å². The minimum Gasteiger partial charge on any atom is -0.493 e. The molecule has 1 aromatic carbocycles. The van der Waals surface area contributed by atoms with Crippen LogP contribution in [0.1, 0.15) is 15.4 Å². The number of hydrogen-bond donors (Lipinski definition) is 0. The van der Waals surface area contributed by atoms with E-state index in [1.54, 1.807) is 13.2 Å². The van der Waals surface area contributed by atoms with Crippen LogP contribution in [0, 0.1) is 5.82 Å². The summed E-state index contributed by atoms with van der Waals surface area (Å²) in [4.78, 5) is 18.0.